The van der Waals surface area contributed by atoms with Crippen LogP contribution in [-0.4, -0.2) is 44.8 Å². The van der Waals surface area contributed by atoms with Gasteiger partial charge in [0.2, 0.25) is 0 Å². The quantitative estimate of drug-likeness (QED) is 0.576. The number of rotatable bonds is 5. The Morgan fingerprint density at radius 1 is 1.25 bits per heavy atom. The second kappa shape index (κ2) is 7.74. The van der Waals surface area contributed by atoms with Gasteiger partial charge in [0.1, 0.15) is 17.1 Å². The third kappa shape index (κ3) is 3.52. The standard InChI is InChI=1S/C11H15O3P.Li.H/c1-4-15-11(12)10-8(13-2)6-5-7-9(10)14-3;;/h5-7,15H,4H2,1-3H3;;. The molecule has 0 saturated carbocycles. The molecule has 0 aliphatic heterocycles. The Labute approximate surface area is 110 Å². The van der Waals surface area contributed by atoms with Crippen LogP contribution in [-0.2, 0) is 0 Å². The molecule has 0 radical (unpaired) electrons. The summed E-state index contributed by atoms with van der Waals surface area (Å²) in [5.74, 6) is 1.17. The minimum atomic E-state index is 0. The number of benzene rings is 1. The van der Waals surface area contributed by atoms with Crippen molar-refractivity contribution in [2.45, 2.75) is 6.92 Å². The Morgan fingerprint density at radius 3 is 2.12 bits per heavy atom. The van der Waals surface area contributed by atoms with Crippen molar-refractivity contribution in [3.8, 4) is 11.5 Å². The van der Waals surface area contributed by atoms with Crippen LogP contribution in [0.1, 0.15) is 17.3 Å². The fraction of sp³-hybridized carbons (Fsp3) is 0.364. The number of methoxy groups -OCH3 is 2. The number of hydrogen-bond donors (Lipinski definition) is 0. The summed E-state index contributed by atoms with van der Waals surface area (Å²) in [6.45, 7) is 1.98. The summed E-state index contributed by atoms with van der Waals surface area (Å²) < 4.78 is 10.3. The normalized spacial score (nSPS) is 9.94. The van der Waals surface area contributed by atoms with E-state index >= 15 is 0 Å². The zero-order valence-electron chi connectivity index (χ0n) is 9.16. The molecule has 0 aliphatic rings. The number of ether oxygens (including phenoxy) is 2. The monoisotopic (exact) mass is 234 g/mol. The summed E-state index contributed by atoms with van der Waals surface area (Å²) in [6, 6.07) is 5.36. The molecule has 0 heterocycles. The molecule has 3 nitrogen and oxygen atoms in total. The zero-order valence-corrected chi connectivity index (χ0v) is 10.2. The first kappa shape index (κ1) is 15.5. The molecule has 1 atom stereocenters. The summed E-state index contributed by atoms with van der Waals surface area (Å²) in [5, 5.41) is 0. The van der Waals surface area contributed by atoms with Gasteiger partial charge in [-0.2, -0.15) is 0 Å². The fourth-order valence-corrected chi connectivity index (χ4v) is 2.07. The van der Waals surface area contributed by atoms with Crippen molar-refractivity contribution in [1.82, 2.24) is 0 Å². The number of carbonyl (C=O) groups is 1. The van der Waals surface area contributed by atoms with Gasteiger partial charge in [-0.25, -0.2) is 0 Å². The molecular weight excluding hydrogens is 218 g/mol. The van der Waals surface area contributed by atoms with E-state index in [0.29, 0.717) is 17.1 Å². The molecule has 1 aromatic rings. The van der Waals surface area contributed by atoms with Crippen LogP contribution in [0.3, 0.4) is 0 Å². The Morgan fingerprint density at radius 2 is 1.75 bits per heavy atom. The van der Waals surface area contributed by atoms with Crippen molar-refractivity contribution in [2.24, 2.45) is 0 Å². The molecule has 16 heavy (non-hydrogen) atoms. The molecule has 0 bridgehead atoms. The van der Waals surface area contributed by atoms with Crippen LogP contribution in [0, 0.1) is 0 Å². The van der Waals surface area contributed by atoms with E-state index in [9.17, 15) is 4.79 Å². The zero-order chi connectivity index (χ0) is 11.3. The van der Waals surface area contributed by atoms with E-state index in [2.05, 4.69) is 0 Å². The molecule has 0 N–H and O–H groups in total. The first-order valence-corrected chi connectivity index (χ1v) is 5.94. The molecule has 1 rings (SSSR count). The van der Waals surface area contributed by atoms with Crippen LogP contribution < -0.4 is 9.47 Å². The molecule has 0 aliphatic carbocycles. The number of carbonyl (C=O) groups excluding carboxylic acids is 1. The molecule has 0 spiro atoms. The van der Waals surface area contributed by atoms with Gasteiger partial charge in [-0.15, -0.1) is 0 Å². The molecule has 0 aromatic heterocycles. The number of hydrogen-bond acceptors (Lipinski definition) is 3. The van der Waals surface area contributed by atoms with Gasteiger partial charge in [-0.3, -0.25) is 4.79 Å². The molecule has 5 heteroatoms. The van der Waals surface area contributed by atoms with Crippen molar-refractivity contribution in [3.05, 3.63) is 23.8 Å². The third-order valence-electron chi connectivity index (χ3n) is 1.99. The fourth-order valence-electron chi connectivity index (χ4n) is 1.32. The Kier molecular flexibility index (Phi) is 7.50. The maximum absolute atomic E-state index is 11.9. The van der Waals surface area contributed by atoms with Gasteiger partial charge in [0, 0.05) is 0 Å². The van der Waals surface area contributed by atoms with Gasteiger partial charge in [-0.05, 0) is 26.9 Å². The average Bonchev–Trinajstić information content (AvgIpc) is 2.28. The van der Waals surface area contributed by atoms with Crippen molar-refractivity contribution in [2.75, 3.05) is 20.4 Å². The van der Waals surface area contributed by atoms with Gasteiger partial charge < -0.3 is 9.47 Å². The Hall–Kier alpha value is -0.483. The van der Waals surface area contributed by atoms with Crippen molar-refractivity contribution >= 4 is 33.0 Å². The molecule has 0 saturated heterocycles. The van der Waals surface area contributed by atoms with E-state index in [1.807, 2.05) is 13.0 Å². The molecule has 1 aromatic carbocycles. The van der Waals surface area contributed by atoms with Crippen LogP contribution in [0.2, 0.25) is 0 Å². The van der Waals surface area contributed by atoms with E-state index in [-0.39, 0.29) is 33.0 Å². The van der Waals surface area contributed by atoms with E-state index < -0.39 is 0 Å². The maximum atomic E-state index is 11.9. The van der Waals surface area contributed by atoms with Gasteiger partial charge in [0.15, 0.2) is 5.52 Å². The Balaban J connectivity index is 0.00000225. The summed E-state index contributed by atoms with van der Waals surface area (Å²) >= 11 is 0. The van der Waals surface area contributed by atoms with Crippen molar-refractivity contribution < 1.29 is 14.3 Å². The van der Waals surface area contributed by atoms with E-state index in [0.717, 1.165) is 6.16 Å². The van der Waals surface area contributed by atoms with Crippen LogP contribution in [0.4, 0.5) is 0 Å². The third-order valence-corrected chi connectivity index (χ3v) is 2.92. The first-order valence-electron chi connectivity index (χ1n) is 4.73. The Bertz CT molecular complexity index is 333. The average molecular weight is 234 g/mol. The molecular formula is C11H16LiO3P. The summed E-state index contributed by atoms with van der Waals surface area (Å²) in [6.07, 6.45) is 0.847. The van der Waals surface area contributed by atoms with Crippen LogP contribution >= 0.6 is 8.58 Å². The van der Waals surface area contributed by atoms with Gasteiger partial charge in [-0.1, -0.05) is 13.0 Å². The van der Waals surface area contributed by atoms with Gasteiger partial charge >= 0.3 is 18.9 Å². The van der Waals surface area contributed by atoms with E-state index in [1.54, 1.807) is 26.4 Å². The predicted octanol–water partition coefficient (Wildman–Crippen LogP) is 1.89. The molecule has 0 fully saturated rings. The summed E-state index contributed by atoms with van der Waals surface area (Å²) in [5.41, 5.74) is 0.648. The van der Waals surface area contributed by atoms with E-state index in [4.69, 9.17) is 9.47 Å². The van der Waals surface area contributed by atoms with Crippen LogP contribution in [0.25, 0.3) is 0 Å². The van der Waals surface area contributed by atoms with E-state index in [1.165, 1.54) is 0 Å². The molecule has 0 amide bonds. The van der Waals surface area contributed by atoms with Gasteiger partial charge in [0.05, 0.1) is 14.2 Å². The van der Waals surface area contributed by atoms with Crippen molar-refractivity contribution in [1.29, 1.82) is 0 Å². The van der Waals surface area contributed by atoms with Crippen LogP contribution in [0.5, 0.6) is 11.5 Å². The first-order chi connectivity index (χ1) is 7.24. The predicted molar refractivity (Wildman–Crippen MR) is 69.9 cm³/mol. The topological polar surface area (TPSA) is 35.5 Å². The second-order valence-corrected chi connectivity index (χ2v) is 4.41. The van der Waals surface area contributed by atoms with Crippen LogP contribution in [0.15, 0.2) is 18.2 Å². The van der Waals surface area contributed by atoms with Crippen molar-refractivity contribution in [3.63, 3.8) is 0 Å². The second-order valence-electron chi connectivity index (χ2n) is 2.90. The SMILES string of the molecule is CCPC(=O)c1c(OC)cccc1OC.[LiH]. The minimum absolute atomic E-state index is 0. The summed E-state index contributed by atoms with van der Waals surface area (Å²) in [7, 11) is 3.38. The molecule has 1 unspecified atom stereocenters. The molecule has 84 valence electrons. The summed E-state index contributed by atoms with van der Waals surface area (Å²) in [4.78, 5) is 11.9. The van der Waals surface area contributed by atoms with Gasteiger partial charge in [0.25, 0.3) is 0 Å².